The van der Waals surface area contributed by atoms with Crippen LogP contribution in [0.2, 0.25) is 0 Å². The normalized spacial score (nSPS) is 11.9. The van der Waals surface area contributed by atoms with E-state index in [1.807, 2.05) is 10.8 Å². The molecule has 0 atom stereocenters. The van der Waals surface area contributed by atoms with Gasteiger partial charge in [-0.3, -0.25) is 4.57 Å². The van der Waals surface area contributed by atoms with Crippen molar-refractivity contribution in [3.05, 3.63) is 40.9 Å². The quantitative estimate of drug-likeness (QED) is 0.849. The van der Waals surface area contributed by atoms with Crippen molar-refractivity contribution in [3.8, 4) is 11.4 Å². The number of aromatic amines is 1. The van der Waals surface area contributed by atoms with Crippen molar-refractivity contribution in [1.29, 1.82) is 0 Å². The first kappa shape index (κ1) is 14.7. The first-order valence-electron chi connectivity index (χ1n) is 6.15. The summed E-state index contributed by atoms with van der Waals surface area (Å²) in [6.45, 7) is 3.42. The topological polar surface area (TPSA) is 29.9 Å². The highest BCUT2D eigenvalue weighted by atomic mass is 32.1. The maximum Gasteiger partial charge on any atom is 0.387 e. The van der Waals surface area contributed by atoms with E-state index in [4.69, 9.17) is 12.2 Å². The first-order chi connectivity index (χ1) is 9.29. The third-order valence-electron chi connectivity index (χ3n) is 2.86. The molecule has 6 heteroatoms. The highest BCUT2D eigenvalue weighted by molar-refractivity contribution is 7.71. The summed E-state index contributed by atoms with van der Waals surface area (Å²) in [5.74, 6) is 0.128. The van der Waals surface area contributed by atoms with E-state index in [0.717, 1.165) is 11.4 Å². The Kier molecular flexibility index (Phi) is 3.94. The lowest BCUT2D eigenvalue weighted by Gasteiger charge is -2.20. The number of rotatable bonds is 3. The summed E-state index contributed by atoms with van der Waals surface area (Å²) in [4.78, 5) is 3.02. The number of ether oxygens (including phenoxy) is 1. The number of halogens is 2. The second-order valence-electron chi connectivity index (χ2n) is 5.44. The van der Waals surface area contributed by atoms with Crippen LogP contribution in [-0.2, 0) is 5.41 Å². The zero-order chi connectivity index (χ0) is 14.9. The molecule has 0 fully saturated rings. The van der Waals surface area contributed by atoms with Crippen LogP contribution in [0.5, 0.6) is 5.75 Å². The van der Waals surface area contributed by atoms with E-state index in [0.29, 0.717) is 4.77 Å². The summed E-state index contributed by atoms with van der Waals surface area (Å²) < 4.78 is 31.1. The van der Waals surface area contributed by atoms with Crippen LogP contribution in [0.1, 0.15) is 26.5 Å². The van der Waals surface area contributed by atoms with Crippen LogP contribution in [0.15, 0.2) is 30.5 Å². The van der Waals surface area contributed by atoms with E-state index in [9.17, 15) is 8.78 Å². The lowest BCUT2D eigenvalue weighted by molar-refractivity contribution is -0.0498. The van der Waals surface area contributed by atoms with Crippen LogP contribution in [0.25, 0.3) is 5.69 Å². The Labute approximate surface area is 121 Å². The van der Waals surface area contributed by atoms with Gasteiger partial charge in [0.25, 0.3) is 0 Å². The Morgan fingerprint density at radius 1 is 1.20 bits per heavy atom. The monoisotopic (exact) mass is 298 g/mol. The molecule has 0 unspecified atom stereocenters. The SMILES string of the molecule is CC(C)(C)c1c[nH]c(=S)n1-c1ccc(OC(F)F)cc1. The summed E-state index contributed by atoms with van der Waals surface area (Å²) in [5.41, 5.74) is 1.74. The minimum absolute atomic E-state index is 0.0916. The third kappa shape index (κ3) is 3.07. The van der Waals surface area contributed by atoms with Crippen molar-refractivity contribution < 1.29 is 13.5 Å². The number of alkyl halides is 2. The molecule has 1 aromatic carbocycles. The van der Waals surface area contributed by atoms with E-state index >= 15 is 0 Å². The number of imidazole rings is 1. The fourth-order valence-corrected chi connectivity index (χ4v) is 2.22. The maximum atomic E-state index is 12.1. The van der Waals surface area contributed by atoms with Crippen molar-refractivity contribution in [1.82, 2.24) is 9.55 Å². The van der Waals surface area contributed by atoms with Gasteiger partial charge in [-0.15, -0.1) is 0 Å². The third-order valence-corrected chi connectivity index (χ3v) is 3.17. The number of aromatic nitrogens is 2. The number of hydrogen-bond acceptors (Lipinski definition) is 2. The number of H-pyrrole nitrogens is 1. The summed E-state index contributed by atoms with van der Waals surface area (Å²) >= 11 is 5.28. The molecule has 0 amide bonds. The molecule has 108 valence electrons. The molecule has 2 rings (SSSR count). The fraction of sp³-hybridized carbons (Fsp3) is 0.357. The van der Waals surface area contributed by atoms with Crippen molar-refractivity contribution in [2.75, 3.05) is 0 Å². The predicted molar refractivity (Wildman–Crippen MR) is 76.3 cm³/mol. The Balaban J connectivity index is 2.42. The molecular formula is C14H16F2N2OS. The fourth-order valence-electron chi connectivity index (χ4n) is 1.95. The Bertz CT molecular complexity index is 638. The standard InChI is InChI=1S/C14H16F2N2OS/c1-14(2,3)11-8-17-13(20)18(11)9-4-6-10(7-5-9)19-12(15)16/h4-8,12H,1-3H3,(H,17,20). The maximum absolute atomic E-state index is 12.1. The van der Waals surface area contributed by atoms with E-state index in [-0.39, 0.29) is 11.2 Å². The predicted octanol–water partition coefficient (Wildman–Crippen LogP) is 4.43. The van der Waals surface area contributed by atoms with Gasteiger partial charge < -0.3 is 9.72 Å². The van der Waals surface area contributed by atoms with E-state index in [1.165, 1.54) is 12.1 Å². The van der Waals surface area contributed by atoms with Gasteiger partial charge in [0.15, 0.2) is 4.77 Å². The molecule has 0 aliphatic heterocycles. The van der Waals surface area contributed by atoms with E-state index < -0.39 is 6.61 Å². The van der Waals surface area contributed by atoms with Crippen molar-refractivity contribution in [2.24, 2.45) is 0 Å². The minimum Gasteiger partial charge on any atom is -0.435 e. The second kappa shape index (κ2) is 5.36. The van der Waals surface area contributed by atoms with Crippen LogP contribution in [0.3, 0.4) is 0 Å². The molecule has 0 saturated heterocycles. The molecule has 2 aromatic rings. The lowest BCUT2D eigenvalue weighted by Crippen LogP contribution is -2.16. The van der Waals surface area contributed by atoms with Gasteiger partial charge in [-0.1, -0.05) is 20.8 Å². The van der Waals surface area contributed by atoms with Crippen LogP contribution in [-0.4, -0.2) is 16.2 Å². The molecule has 0 aliphatic carbocycles. The molecular weight excluding hydrogens is 282 g/mol. The summed E-state index contributed by atoms with van der Waals surface area (Å²) in [7, 11) is 0. The summed E-state index contributed by atoms with van der Waals surface area (Å²) in [6.07, 6.45) is 1.87. The van der Waals surface area contributed by atoms with Crippen molar-refractivity contribution in [2.45, 2.75) is 32.8 Å². The molecule has 3 nitrogen and oxygen atoms in total. The number of nitrogens with one attached hydrogen (secondary N) is 1. The van der Waals surface area contributed by atoms with Gasteiger partial charge in [0.1, 0.15) is 5.75 Å². The Morgan fingerprint density at radius 3 is 2.30 bits per heavy atom. The van der Waals surface area contributed by atoms with Crippen molar-refractivity contribution in [3.63, 3.8) is 0 Å². The largest absolute Gasteiger partial charge is 0.435 e. The average molecular weight is 298 g/mol. The Hall–Kier alpha value is -1.69. The molecule has 1 aromatic heterocycles. The smallest absolute Gasteiger partial charge is 0.387 e. The van der Waals surface area contributed by atoms with E-state index in [1.54, 1.807) is 12.1 Å². The van der Waals surface area contributed by atoms with Gasteiger partial charge in [-0.2, -0.15) is 8.78 Å². The number of hydrogen-bond donors (Lipinski definition) is 1. The zero-order valence-electron chi connectivity index (χ0n) is 11.5. The molecule has 0 spiro atoms. The molecule has 1 heterocycles. The van der Waals surface area contributed by atoms with Crippen LogP contribution >= 0.6 is 12.2 Å². The molecule has 0 radical (unpaired) electrons. The molecule has 20 heavy (non-hydrogen) atoms. The van der Waals surface area contributed by atoms with Gasteiger partial charge in [0, 0.05) is 23.0 Å². The highest BCUT2D eigenvalue weighted by Crippen LogP contribution is 2.26. The lowest BCUT2D eigenvalue weighted by atomic mass is 9.92. The van der Waals surface area contributed by atoms with Gasteiger partial charge in [-0.25, -0.2) is 0 Å². The molecule has 0 bridgehead atoms. The summed E-state index contributed by atoms with van der Waals surface area (Å²) in [6, 6.07) is 6.42. The number of nitrogens with zero attached hydrogens (tertiary/aromatic N) is 1. The van der Waals surface area contributed by atoms with Gasteiger partial charge in [-0.05, 0) is 36.5 Å². The van der Waals surface area contributed by atoms with Crippen LogP contribution < -0.4 is 4.74 Å². The zero-order valence-corrected chi connectivity index (χ0v) is 12.3. The van der Waals surface area contributed by atoms with Gasteiger partial charge in [0.2, 0.25) is 0 Å². The molecule has 1 N–H and O–H groups in total. The van der Waals surface area contributed by atoms with Gasteiger partial charge in [0.05, 0.1) is 0 Å². The molecule has 0 saturated carbocycles. The second-order valence-corrected chi connectivity index (χ2v) is 5.82. The Morgan fingerprint density at radius 2 is 1.80 bits per heavy atom. The summed E-state index contributed by atoms with van der Waals surface area (Å²) in [5, 5.41) is 0. The number of benzene rings is 1. The van der Waals surface area contributed by atoms with Crippen LogP contribution in [0.4, 0.5) is 8.78 Å². The first-order valence-corrected chi connectivity index (χ1v) is 6.56. The van der Waals surface area contributed by atoms with Crippen LogP contribution in [0, 0.1) is 4.77 Å². The van der Waals surface area contributed by atoms with E-state index in [2.05, 4.69) is 30.5 Å². The highest BCUT2D eigenvalue weighted by Gasteiger charge is 2.20. The van der Waals surface area contributed by atoms with Gasteiger partial charge >= 0.3 is 6.61 Å². The van der Waals surface area contributed by atoms with Crippen molar-refractivity contribution >= 4 is 12.2 Å². The molecule has 0 aliphatic rings. The minimum atomic E-state index is -2.82. The average Bonchev–Trinajstić information content (AvgIpc) is 2.71.